The Morgan fingerprint density at radius 3 is 2.56 bits per heavy atom. The van der Waals surface area contributed by atoms with Gasteiger partial charge in [-0.3, -0.25) is 4.79 Å². The molecule has 1 fully saturated rings. The fourth-order valence-corrected chi connectivity index (χ4v) is 3.85. The molecule has 5 heteroatoms. The number of phenolic OH excluding ortho intramolecular Hbond substituents is 1. The molecule has 1 saturated carbocycles. The molecule has 0 spiro atoms. The summed E-state index contributed by atoms with van der Waals surface area (Å²) in [7, 11) is 0. The lowest BCUT2D eigenvalue weighted by molar-refractivity contribution is 0.0211. The van der Waals surface area contributed by atoms with Crippen LogP contribution in [0.4, 0.5) is 0 Å². The van der Waals surface area contributed by atoms with E-state index < -0.39 is 0 Å². The highest BCUT2D eigenvalue weighted by Crippen LogP contribution is 2.27. The number of aromatic hydroxyl groups is 1. The molecule has 140 valence electrons. The number of ether oxygens (including phenoxy) is 1. The van der Waals surface area contributed by atoms with Crippen molar-refractivity contribution in [2.45, 2.75) is 51.3 Å². The van der Waals surface area contributed by atoms with Gasteiger partial charge in [0.15, 0.2) is 0 Å². The predicted molar refractivity (Wildman–Crippen MR) is 100 cm³/mol. The lowest BCUT2D eigenvalue weighted by atomic mass is 9.98. The quantitative estimate of drug-likeness (QED) is 0.831. The fraction of sp³-hybridized carbons (Fsp3) is 0.364. The minimum Gasteiger partial charge on any atom is -0.508 e. The van der Waals surface area contributed by atoms with E-state index in [9.17, 15) is 14.7 Å². The van der Waals surface area contributed by atoms with Crippen molar-refractivity contribution in [1.29, 1.82) is 0 Å². The molecule has 0 radical (unpaired) electrons. The Balaban J connectivity index is 1.38. The molecule has 2 aliphatic rings. The Labute approximate surface area is 158 Å². The van der Waals surface area contributed by atoms with Crippen LogP contribution in [0.3, 0.4) is 0 Å². The topological polar surface area (TPSA) is 66.8 Å². The lowest BCUT2D eigenvalue weighted by Crippen LogP contribution is -2.23. The average molecular weight is 365 g/mol. The molecule has 2 aromatic rings. The van der Waals surface area contributed by atoms with E-state index >= 15 is 0 Å². The van der Waals surface area contributed by atoms with Crippen molar-refractivity contribution in [3.8, 4) is 5.75 Å². The average Bonchev–Trinajstić information content (AvgIpc) is 2.98. The van der Waals surface area contributed by atoms with Gasteiger partial charge in [0.2, 0.25) is 0 Å². The Hall–Kier alpha value is -2.82. The van der Waals surface area contributed by atoms with Crippen LogP contribution in [-0.4, -0.2) is 28.0 Å². The maximum atomic E-state index is 12.5. The van der Waals surface area contributed by atoms with Gasteiger partial charge in [-0.05, 0) is 61.1 Å². The van der Waals surface area contributed by atoms with E-state index in [-0.39, 0.29) is 23.7 Å². The molecule has 5 nitrogen and oxygen atoms in total. The Morgan fingerprint density at radius 1 is 1.07 bits per heavy atom. The number of benzene rings is 2. The Kier molecular flexibility index (Phi) is 4.84. The molecular weight excluding hydrogens is 342 g/mol. The molecular formula is C22H23NO4. The molecule has 27 heavy (non-hydrogen) atoms. The second-order valence-electron chi connectivity index (χ2n) is 7.36. The molecule has 0 bridgehead atoms. The van der Waals surface area contributed by atoms with E-state index in [4.69, 9.17) is 4.74 Å². The van der Waals surface area contributed by atoms with Gasteiger partial charge in [-0.2, -0.15) is 0 Å². The van der Waals surface area contributed by atoms with Crippen LogP contribution in [0.1, 0.15) is 63.9 Å². The van der Waals surface area contributed by atoms with E-state index in [1.54, 1.807) is 29.2 Å². The first-order valence-electron chi connectivity index (χ1n) is 9.51. The van der Waals surface area contributed by atoms with Crippen molar-refractivity contribution in [3.63, 3.8) is 0 Å². The summed E-state index contributed by atoms with van der Waals surface area (Å²) in [5.41, 5.74) is 2.98. The van der Waals surface area contributed by atoms with Crippen LogP contribution in [0.15, 0.2) is 42.5 Å². The first kappa shape index (κ1) is 17.6. The van der Waals surface area contributed by atoms with E-state index in [2.05, 4.69) is 0 Å². The minimum absolute atomic E-state index is 0.0445. The standard InChI is InChI=1S/C22H23NO4/c24-18-11-10-17-14-23(21(25)20(17)12-18)13-15-6-8-16(9-7-15)22(26)27-19-4-2-1-3-5-19/h6-12,19,24H,1-5,13-14H2. The zero-order chi connectivity index (χ0) is 18.8. The number of rotatable bonds is 4. The van der Waals surface area contributed by atoms with E-state index in [0.29, 0.717) is 24.2 Å². The third-order valence-electron chi connectivity index (χ3n) is 5.36. The minimum atomic E-state index is -0.270. The number of hydrogen-bond acceptors (Lipinski definition) is 4. The third-order valence-corrected chi connectivity index (χ3v) is 5.36. The number of fused-ring (bicyclic) bond motifs is 1. The van der Waals surface area contributed by atoms with Gasteiger partial charge >= 0.3 is 5.97 Å². The smallest absolute Gasteiger partial charge is 0.338 e. The van der Waals surface area contributed by atoms with Gasteiger partial charge in [0, 0.05) is 18.7 Å². The SMILES string of the molecule is O=C(OC1CCCCC1)c1ccc(CN2Cc3ccc(O)cc3C2=O)cc1. The third kappa shape index (κ3) is 3.82. The summed E-state index contributed by atoms with van der Waals surface area (Å²) < 4.78 is 5.59. The van der Waals surface area contributed by atoms with Gasteiger partial charge in [-0.1, -0.05) is 24.6 Å². The zero-order valence-electron chi connectivity index (χ0n) is 15.2. The molecule has 0 saturated heterocycles. The summed E-state index contributed by atoms with van der Waals surface area (Å²) in [6.07, 6.45) is 5.43. The summed E-state index contributed by atoms with van der Waals surface area (Å²) in [6, 6.07) is 12.2. The van der Waals surface area contributed by atoms with Gasteiger partial charge in [-0.25, -0.2) is 4.79 Å². The summed E-state index contributed by atoms with van der Waals surface area (Å²) >= 11 is 0. The van der Waals surface area contributed by atoms with Crippen molar-refractivity contribution in [2.75, 3.05) is 0 Å². The number of esters is 1. The molecule has 1 aliphatic heterocycles. The van der Waals surface area contributed by atoms with Crippen molar-refractivity contribution in [1.82, 2.24) is 4.90 Å². The van der Waals surface area contributed by atoms with Crippen molar-refractivity contribution < 1.29 is 19.4 Å². The fourth-order valence-electron chi connectivity index (χ4n) is 3.85. The number of nitrogens with zero attached hydrogens (tertiary/aromatic N) is 1. The van der Waals surface area contributed by atoms with Crippen LogP contribution in [0.2, 0.25) is 0 Å². The van der Waals surface area contributed by atoms with E-state index in [1.807, 2.05) is 12.1 Å². The van der Waals surface area contributed by atoms with Gasteiger partial charge < -0.3 is 14.7 Å². The molecule has 0 atom stereocenters. The summed E-state index contributed by atoms with van der Waals surface area (Å²) in [6.45, 7) is 0.992. The lowest BCUT2D eigenvalue weighted by Gasteiger charge is -2.22. The number of carbonyl (C=O) groups excluding carboxylic acids is 2. The van der Waals surface area contributed by atoms with Crippen molar-refractivity contribution in [3.05, 3.63) is 64.7 Å². The van der Waals surface area contributed by atoms with Crippen LogP contribution in [0.25, 0.3) is 0 Å². The van der Waals surface area contributed by atoms with Crippen LogP contribution < -0.4 is 0 Å². The van der Waals surface area contributed by atoms with E-state index in [1.165, 1.54) is 12.5 Å². The summed E-state index contributed by atoms with van der Waals surface area (Å²) in [5, 5.41) is 9.58. The molecule has 1 heterocycles. The van der Waals surface area contributed by atoms with Crippen LogP contribution in [0.5, 0.6) is 5.75 Å². The van der Waals surface area contributed by atoms with Crippen molar-refractivity contribution >= 4 is 11.9 Å². The van der Waals surface area contributed by atoms with Crippen molar-refractivity contribution in [2.24, 2.45) is 0 Å². The van der Waals surface area contributed by atoms with Crippen LogP contribution in [-0.2, 0) is 17.8 Å². The highest BCUT2D eigenvalue weighted by atomic mass is 16.5. The molecule has 1 aliphatic carbocycles. The number of phenols is 1. The zero-order valence-corrected chi connectivity index (χ0v) is 15.2. The van der Waals surface area contributed by atoms with Gasteiger partial charge in [-0.15, -0.1) is 0 Å². The van der Waals surface area contributed by atoms with Gasteiger partial charge in [0.25, 0.3) is 5.91 Å². The number of carbonyl (C=O) groups is 2. The van der Waals surface area contributed by atoms with Crippen LogP contribution >= 0.6 is 0 Å². The normalized spacial score (nSPS) is 17.0. The van der Waals surface area contributed by atoms with E-state index in [0.717, 1.165) is 36.8 Å². The molecule has 4 rings (SSSR count). The monoisotopic (exact) mass is 365 g/mol. The molecule has 0 unspecified atom stereocenters. The van der Waals surface area contributed by atoms with Gasteiger partial charge in [0.05, 0.1) is 5.56 Å². The maximum absolute atomic E-state index is 12.5. The molecule has 1 N–H and O–H groups in total. The molecule has 2 aromatic carbocycles. The first-order valence-corrected chi connectivity index (χ1v) is 9.51. The largest absolute Gasteiger partial charge is 0.508 e. The van der Waals surface area contributed by atoms with Crippen LogP contribution in [0, 0.1) is 0 Å². The van der Waals surface area contributed by atoms with Gasteiger partial charge in [0.1, 0.15) is 11.9 Å². The highest BCUT2D eigenvalue weighted by Gasteiger charge is 2.27. The number of hydrogen-bond donors (Lipinski definition) is 1. The molecule has 1 amide bonds. The Bertz CT molecular complexity index is 853. The number of amides is 1. The summed E-state index contributed by atoms with van der Waals surface area (Å²) in [4.78, 5) is 26.5. The second kappa shape index (κ2) is 7.43. The molecule has 0 aromatic heterocycles. The maximum Gasteiger partial charge on any atom is 0.338 e. The Morgan fingerprint density at radius 2 is 1.81 bits per heavy atom. The second-order valence-corrected chi connectivity index (χ2v) is 7.36. The summed E-state index contributed by atoms with van der Waals surface area (Å²) in [5.74, 6) is -0.250. The predicted octanol–water partition coefficient (Wildman–Crippen LogP) is 4.04. The first-order chi connectivity index (χ1) is 13.1. The highest BCUT2D eigenvalue weighted by molar-refractivity contribution is 5.98.